The molecule has 0 saturated carbocycles. The van der Waals surface area contributed by atoms with Gasteiger partial charge in [0.05, 0.1) is 31.7 Å². The Labute approximate surface area is 154 Å². The second-order valence-electron chi connectivity index (χ2n) is 5.11. The molecule has 0 saturated heterocycles. The van der Waals surface area contributed by atoms with Gasteiger partial charge in [-0.25, -0.2) is 4.79 Å². The van der Waals surface area contributed by atoms with Gasteiger partial charge in [0.15, 0.2) is 18.1 Å². The van der Waals surface area contributed by atoms with Crippen molar-refractivity contribution in [3.8, 4) is 11.5 Å². The average molecular weight is 374 g/mol. The van der Waals surface area contributed by atoms with Gasteiger partial charge in [-0.05, 0) is 24.3 Å². The molecule has 2 rings (SSSR count). The first-order valence-corrected chi connectivity index (χ1v) is 7.64. The number of nitrogens with zero attached hydrogens (tertiary/aromatic N) is 1. The van der Waals surface area contributed by atoms with Crippen LogP contribution in [0.1, 0.15) is 20.7 Å². The molecular weight excluding hydrogens is 356 g/mol. The fourth-order valence-electron chi connectivity index (χ4n) is 2.01. The summed E-state index contributed by atoms with van der Waals surface area (Å²) in [6.07, 6.45) is 2.66. The van der Waals surface area contributed by atoms with E-state index in [-0.39, 0.29) is 16.8 Å². The van der Waals surface area contributed by atoms with Crippen LogP contribution in [-0.2, 0) is 9.53 Å². The maximum Gasteiger partial charge on any atom is 0.340 e. The molecule has 0 atom stereocenters. The molecule has 4 N–H and O–H groups in total. The van der Waals surface area contributed by atoms with Crippen LogP contribution in [0.25, 0.3) is 0 Å². The van der Waals surface area contributed by atoms with Crippen LogP contribution >= 0.6 is 0 Å². The summed E-state index contributed by atoms with van der Waals surface area (Å²) >= 11 is 0. The molecule has 0 radical (unpaired) electrons. The number of methoxy groups -OCH3 is 2. The van der Waals surface area contributed by atoms with Crippen molar-refractivity contribution < 1.29 is 28.6 Å². The number of aromatic nitrogens is 1. The van der Waals surface area contributed by atoms with Gasteiger partial charge in [-0.2, -0.15) is 0 Å². The van der Waals surface area contributed by atoms with Crippen molar-refractivity contribution in [2.45, 2.75) is 0 Å². The van der Waals surface area contributed by atoms with Gasteiger partial charge in [0, 0.05) is 11.8 Å². The lowest BCUT2D eigenvalue weighted by Gasteiger charge is -2.11. The number of pyridine rings is 1. The zero-order chi connectivity index (χ0) is 19.8. The molecule has 0 fully saturated rings. The van der Waals surface area contributed by atoms with E-state index in [0.717, 1.165) is 0 Å². The molecule has 0 bridgehead atoms. The summed E-state index contributed by atoms with van der Waals surface area (Å²) in [6, 6.07) is 5.87. The summed E-state index contributed by atoms with van der Waals surface area (Å²) in [5.74, 6) is -1.28. The number of hydrogen-bond acceptors (Lipinski definition) is 8. The third kappa shape index (κ3) is 5.08. The maximum absolute atomic E-state index is 12.1. The Kier molecular flexibility index (Phi) is 6.53. The van der Waals surface area contributed by atoms with Crippen LogP contribution in [0, 0.1) is 0 Å². The standard InChI is InChI=1S/C17H18N4O6/c1-25-13-4-3-10(7-14(13)26-2)16(23)21-20-15(22)9-27-17(24)11-5-6-19-8-12(11)18/h3-8H,9,18H2,1-2H3,(H,20,22)(H,21,23). The molecule has 1 aromatic heterocycles. The van der Waals surface area contributed by atoms with Gasteiger partial charge in [-0.15, -0.1) is 0 Å². The van der Waals surface area contributed by atoms with Gasteiger partial charge in [0.2, 0.25) is 0 Å². The Balaban J connectivity index is 1.85. The number of nitrogen functional groups attached to an aromatic ring is 1. The number of carbonyl (C=O) groups is 3. The number of esters is 1. The SMILES string of the molecule is COc1ccc(C(=O)NNC(=O)COC(=O)c2ccncc2N)cc1OC. The Morgan fingerprint density at radius 3 is 2.48 bits per heavy atom. The first-order chi connectivity index (χ1) is 13.0. The highest BCUT2D eigenvalue weighted by molar-refractivity contribution is 5.97. The monoisotopic (exact) mass is 374 g/mol. The highest BCUT2D eigenvalue weighted by Gasteiger charge is 2.14. The number of ether oxygens (including phenoxy) is 3. The largest absolute Gasteiger partial charge is 0.493 e. The predicted octanol–water partition coefficient (Wildman–Crippen LogP) is 0.299. The summed E-state index contributed by atoms with van der Waals surface area (Å²) in [5.41, 5.74) is 10.4. The Hall–Kier alpha value is -3.82. The van der Waals surface area contributed by atoms with E-state index in [1.54, 1.807) is 6.07 Å². The second kappa shape index (κ2) is 9.04. The highest BCUT2D eigenvalue weighted by atomic mass is 16.5. The van der Waals surface area contributed by atoms with E-state index in [1.165, 1.54) is 44.8 Å². The van der Waals surface area contributed by atoms with E-state index in [2.05, 4.69) is 15.8 Å². The van der Waals surface area contributed by atoms with Crippen molar-refractivity contribution in [3.63, 3.8) is 0 Å². The number of hydrazine groups is 1. The third-order valence-electron chi connectivity index (χ3n) is 3.37. The molecule has 2 amide bonds. The van der Waals surface area contributed by atoms with Crippen molar-refractivity contribution in [1.82, 2.24) is 15.8 Å². The second-order valence-corrected chi connectivity index (χ2v) is 5.11. The molecule has 10 heteroatoms. The van der Waals surface area contributed by atoms with Crippen molar-refractivity contribution >= 4 is 23.5 Å². The fraction of sp³-hybridized carbons (Fsp3) is 0.176. The molecule has 27 heavy (non-hydrogen) atoms. The number of nitrogens with two attached hydrogens (primary N) is 1. The van der Waals surface area contributed by atoms with E-state index >= 15 is 0 Å². The lowest BCUT2D eigenvalue weighted by molar-refractivity contribution is -0.125. The normalized spacial score (nSPS) is 9.85. The van der Waals surface area contributed by atoms with Crippen LogP contribution in [0.5, 0.6) is 11.5 Å². The minimum atomic E-state index is -0.781. The Morgan fingerprint density at radius 1 is 1.07 bits per heavy atom. The van der Waals surface area contributed by atoms with Crippen LogP contribution in [0.3, 0.4) is 0 Å². The van der Waals surface area contributed by atoms with Crippen LogP contribution in [0.4, 0.5) is 5.69 Å². The molecule has 2 aromatic rings. The number of nitrogens with one attached hydrogen (secondary N) is 2. The van der Waals surface area contributed by atoms with E-state index in [0.29, 0.717) is 11.5 Å². The average Bonchev–Trinajstić information content (AvgIpc) is 2.69. The van der Waals surface area contributed by atoms with Crippen LogP contribution in [0.15, 0.2) is 36.7 Å². The van der Waals surface area contributed by atoms with Gasteiger partial charge in [-0.3, -0.25) is 25.4 Å². The number of amides is 2. The number of benzene rings is 1. The summed E-state index contributed by atoms with van der Waals surface area (Å²) < 4.78 is 15.0. The lowest BCUT2D eigenvalue weighted by atomic mass is 10.2. The van der Waals surface area contributed by atoms with E-state index in [1.807, 2.05) is 0 Å². The summed E-state index contributed by atoms with van der Waals surface area (Å²) in [6.45, 7) is -0.604. The summed E-state index contributed by atoms with van der Waals surface area (Å²) in [7, 11) is 2.91. The highest BCUT2D eigenvalue weighted by Crippen LogP contribution is 2.27. The van der Waals surface area contributed by atoms with Crippen LogP contribution in [0.2, 0.25) is 0 Å². The van der Waals surface area contributed by atoms with E-state index in [4.69, 9.17) is 19.9 Å². The lowest BCUT2D eigenvalue weighted by Crippen LogP contribution is -2.43. The van der Waals surface area contributed by atoms with Gasteiger partial charge >= 0.3 is 5.97 Å². The number of carbonyl (C=O) groups excluding carboxylic acids is 3. The minimum Gasteiger partial charge on any atom is -0.493 e. The van der Waals surface area contributed by atoms with Crippen LogP contribution < -0.4 is 26.1 Å². The molecule has 0 aliphatic rings. The number of rotatable bonds is 6. The first kappa shape index (κ1) is 19.5. The fourth-order valence-corrected chi connectivity index (χ4v) is 2.01. The predicted molar refractivity (Wildman–Crippen MR) is 94.1 cm³/mol. The van der Waals surface area contributed by atoms with Gasteiger partial charge in [0.1, 0.15) is 0 Å². The summed E-state index contributed by atoms with van der Waals surface area (Å²) in [5, 5.41) is 0. The maximum atomic E-state index is 12.1. The first-order valence-electron chi connectivity index (χ1n) is 7.64. The molecule has 1 heterocycles. The molecule has 0 aliphatic heterocycles. The Morgan fingerprint density at radius 2 is 1.81 bits per heavy atom. The zero-order valence-electron chi connectivity index (χ0n) is 14.6. The van der Waals surface area contributed by atoms with E-state index in [9.17, 15) is 14.4 Å². The Bertz CT molecular complexity index is 855. The quantitative estimate of drug-likeness (QED) is 0.484. The van der Waals surface area contributed by atoms with Crippen molar-refractivity contribution in [2.75, 3.05) is 26.6 Å². The smallest absolute Gasteiger partial charge is 0.340 e. The van der Waals surface area contributed by atoms with Gasteiger partial charge < -0.3 is 19.9 Å². The van der Waals surface area contributed by atoms with Crippen molar-refractivity contribution in [2.24, 2.45) is 0 Å². The van der Waals surface area contributed by atoms with E-state index < -0.39 is 24.4 Å². The molecule has 1 aromatic carbocycles. The summed E-state index contributed by atoms with van der Waals surface area (Å²) in [4.78, 5) is 39.4. The number of hydrogen-bond donors (Lipinski definition) is 3. The van der Waals surface area contributed by atoms with Gasteiger partial charge in [-0.1, -0.05) is 0 Å². The molecule has 0 spiro atoms. The molecule has 0 aliphatic carbocycles. The van der Waals surface area contributed by atoms with Gasteiger partial charge in [0.25, 0.3) is 11.8 Å². The number of anilines is 1. The zero-order valence-corrected chi connectivity index (χ0v) is 14.6. The molecule has 0 unspecified atom stereocenters. The van der Waals surface area contributed by atoms with Crippen molar-refractivity contribution in [3.05, 3.63) is 47.8 Å². The molecule has 10 nitrogen and oxygen atoms in total. The molecule has 142 valence electrons. The topological polar surface area (TPSA) is 142 Å². The van der Waals surface area contributed by atoms with Crippen LogP contribution in [-0.4, -0.2) is 43.6 Å². The minimum absolute atomic E-state index is 0.0900. The molecular formula is C17H18N4O6. The van der Waals surface area contributed by atoms with Crippen molar-refractivity contribution in [1.29, 1.82) is 0 Å². The third-order valence-corrected chi connectivity index (χ3v) is 3.37.